The lowest BCUT2D eigenvalue weighted by molar-refractivity contribution is -0.123. The number of nitrogens with zero attached hydrogens (tertiary/aromatic N) is 1. The molecule has 0 radical (unpaired) electrons. The lowest BCUT2D eigenvalue weighted by atomic mass is 9.99. The third-order valence-electron chi connectivity index (χ3n) is 4.14. The third-order valence-corrected chi connectivity index (χ3v) is 5.05. The number of halogens is 1. The molecule has 0 unspecified atom stereocenters. The maximum Gasteiger partial charge on any atom is 0.293 e. The van der Waals surface area contributed by atoms with Crippen molar-refractivity contribution >= 4 is 29.0 Å². The zero-order chi connectivity index (χ0) is 18.1. The number of amides is 2. The van der Waals surface area contributed by atoms with Crippen LogP contribution in [0, 0.1) is 26.6 Å². The summed E-state index contributed by atoms with van der Waals surface area (Å²) in [5.41, 5.74) is 4.99. The Morgan fingerprint density at radius 2 is 1.64 bits per heavy atom. The van der Waals surface area contributed by atoms with Gasteiger partial charge >= 0.3 is 0 Å². The topological polar surface area (TPSA) is 37.4 Å². The van der Waals surface area contributed by atoms with Gasteiger partial charge in [0.25, 0.3) is 11.1 Å². The molecule has 5 heteroatoms. The van der Waals surface area contributed by atoms with Gasteiger partial charge in [-0.25, -0.2) is 4.39 Å². The zero-order valence-electron chi connectivity index (χ0n) is 14.3. The van der Waals surface area contributed by atoms with Gasteiger partial charge in [-0.3, -0.25) is 14.5 Å². The standard InChI is InChI=1S/C20H18FNO2S/c1-12-8-13(2)17(14(3)9-12)10-18-19(23)22(20(24)25-18)11-15-4-6-16(21)7-5-15/h4-10H,11H2,1-3H3/b18-10-. The molecule has 25 heavy (non-hydrogen) atoms. The summed E-state index contributed by atoms with van der Waals surface area (Å²) >= 11 is 0.945. The molecule has 2 aromatic carbocycles. The normalized spacial score (nSPS) is 16.2. The van der Waals surface area contributed by atoms with Crippen LogP contribution >= 0.6 is 11.8 Å². The molecule has 0 aromatic heterocycles. The van der Waals surface area contributed by atoms with Gasteiger partial charge in [0.05, 0.1) is 11.4 Å². The number of thioether (sulfide) groups is 1. The molecular formula is C20H18FNO2S. The molecule has 0 atom stereocenters. The fraction of sp³-hybridized carbons (Fsp3) is 0.200. The van der Waals surface area contributed by atoms with Crippen LogP contribution < -0.4 is 0 Å². The molecule has 128 valence electrons. The Labute approximate surface area is 150 Å². The molecule has 0 spiro atoms. The van der Waals surface area contributed by atoms with E-state index in [1.54, 1.807) is 18.2 Å². The number of hydrogen-bond acceptors (Lipinski definition) is 3. The van der Waals surface area contributed by atoms with Crippen LogP contribution in [-0.2, 0) is 11.3 Å². The van der Waals surface area contributed by atoms with Crippen molar-refractivity contribution in [2.24, 2.45) is 0 Å². The summed E-state index contributed by atoms with van der Waals surface area (Å²) in [5.74, 6) is -0.651. The molecule has 1 saturated heterocycles. The van der Waals surface area contributed by atoms with Gasteiger partial charge < -0.3 is 0 Å². The van der Waals surface area contributed by atoms with Crippen LogP contribution in [0.1, 0.15) is 27.8 Å². The highest BCUT2D eigenvalue weighted by Gasteiger charge is 2.35. The SMILES string of the molecule is Cc1cc(C)c(/C=C2\SC(=O)N(Cc3ccc(F)cc3)C2=O)c(C)c1. The van der Waals surface area contributed by atoms with E-state index in [-0.39, 0.29) is 23.5 Å². The highest BCUT2D eigenvalue weighted by molar-refractivity contribution is 8.18. The van der Waals surface area contributed by atoms with E-state index in [0.717, 1.165) is 34.0 Å². The van der Waals surface area contributed by atoms with Gasteiger partial charge in [0.2, 0.25) is 0 Å². The Kier molecular flexibility index (Phi) is 4.77. The molecule has 0 bridgehead atoms. The first kappa shape index (κ1) is 17.4. The Hall–Kier alpha value is -2.40. The van der Waals surface area contributed by atoms with Crippen LogP contribution in [-0.4, -0.2) is 16.0 Å². The van der Waals surface area contributed by atoms with Gasteiger partial charge in [-0.15, -0.1) is 0 Å². The quantitative estimate of drug-likeness (QED) is 0.728. The molecule has 2 aromatic rings. The molecule has 0 N–H and O–H groups in total. The lowest BCUT2D eigenvalue weighted by Gasteiger charge is -2.12. The van der Waals surface area contributed by atoms with Crippen molar-refractivity contribution in [1.82, 2.24) is 4.90 Å². The predicted molar refractivity (Wildman–Crippen MR) is 98.6 cm³/mol. The number of imide groups is 1. The van der Waals surface area contributed by atoms with Crippen molar-refractivity contribution in [3.05, 3.63) is 74.9 Å². The molecule has 1 aliphatic rings. The number of carbonyl (C=O) groups is 2. The van der Waals surface area contributed by atoms with Gasteiger partial charge in [-0.1, -0.05) is 29.8 Å². The Morgan fingerprint density at radius 1 is 1.04 bits per heavy atom. The van der Waals surface area contributed by atoms with Crippen molar-refractivity contribution in [1.29, 1.82) is 0 Å². The largest absolute Gasteiger partial charge is 0.293 e. The second-order valence-electron chi connectivity index (χ2n) is 6.21. The highest BCUT2D eigenvalue weighted by Crippen LogP contribution is 2.34. The average Bonchev–Trinajstić information content (AvgIpc) is 2.80. The fourth-order valence-corrected chi connectivity index (χ4v) is 3.78. The Bertz CT molecular complexity index is 864. The van der Waals surface area contributed by atoms with Crippen molar-refractivity contribution in [2.45, 2.75) is 27.3 Å². The molecule has 1 heterocycles. The predicted octanol–water partition coefficient (Wildman–Crippen LogP) is 4.99. The van der Waals surface area contributed by atoms with Gasteiger partial charge in [-0.05, 0) is 73.0 Å². The van der Waals surface area contributed by atoms with Gasteiger partial charge in [0.15, 0.2) is 0 Å². The first-order chi connectivity index (χ1) is 11.8. The summed E-state index contributed by atoms with van der Waals surface area (Å²) in [7, 11) is 0. The number of benzene rings is 2. The smallest absolute Gasteiger partial charge is 0.268 e. The monoisotopic (exact) mass is 355 g/mol. The fourth-order valence-electron chi connectivity index (χ4n) is 2.96. The van der Waals surface area contributed by atoms with Crippen molar-refractivity contribution in [2.75, 3.05) is 0 Å². The van der Waals surface area contributed by atoms with Gasteiger partial charge in [-0.2, -0.15) is 0 Å². The van der Waals surface area contributed by atoms with Crippen LogP contribution in [0.15, 0.2) is 41.3 Å². The molecule has 0 saturated carbocycles. The number of rotatable bonds is 3. The van der Waals surface area contributed by atoms with E-state index in [0.29, 0.717) is 10.5 Å². The van der Waals surface area contributed by atoms with Crippen LogP contribution in [0.5, 0.6) is 0 Å². The van der Waals surface area contributed by atoms with E-state index in [4.69, 9.17) is 0 Å². The van der Waals surface area contributed by atoms with Crippen molar-refractivity contribution < 1.29 is 14.0 Å². The first-order valence-electron chi connectivity index (χ1n) is 7.93. The lowest BCUT2D eigenvalue weighted by Crippen LogP contribution is -2.27. The summed E-state index contributed by atoms with van der Waals surface area (Å²) in [4.78, 5) is 26.5. The van der Waals surface area contributed by atoms with E-state index in [1.807, 2.05) is 20.8 Å². The summed E-state index contributed by atoms with van der Waals surface area (Å²) in [6.07, 6.45) is 1.79. The van der Waals surface area contributed by atoms with Gasteiger partial charge in [0, 0.05) is 0 Å². The Morgan fingerprint density at radius 3 is 2.24 bits per heavy atom. The zero-order valence-corrected chi connectivity index (χ0v) is 15.1. The van der Waals surface area contributed by atoms with Crippen LogP contribution in [0.2, 0.25) is 0 Å². The minimum absolute atomic E-state index is 0.147. The minimum atomic E-state index is -0.344. The van der Waals surface area contributed by atoms with E-state index in [2.05, 4.69) is 12.1 Å². The van der Waals surface area contributed by atoms with E-state index in [9.17, 15) is 14.0 Å². The third kappa shape index (κ3) is 3.66. The van der Waals surface area contributed by atoms with E-state index >= 15 is 0 Å². The summed E-state index contributed by atoms with van der Waals surface area (Å²) in [5, 5.41) is -0.303. The Balaban J connectivity index is 1.87. The van der Waals surface area contributed by atoms with E-state index in [1.165, 1.54) is 17.0 Å². The molecule has 3 nitrogen and oxygen atoms in total. The van der Waals surface area contributed by atoms with Crippen molar-refractivity contribution in [3.63, 3.8) is 0 Å². The molecular weight excluding hydrogens is 337 g/mol. The maximum absolute atomic E-state index is 13.0. The van der Waals surface area contributed by atoms with Crippen molar-refractivity contribution in [3.8, 4) is 0 Å². The van der Waals surface area contributed by atoms with Crippen LogP contribution in [0.3, 0.4) is 0 Å². The first-order valence-corrected chi connectivity index (χ1v) is 8.74. The summed E-state index contributed by atoms with van der Waals surface area (Å²) in [6, 6.07) is 9.92. The molecule has 3 rings (SSSR count). The minimum Gasteiger partial charge on any atom is -0.268 e. The second kappa shape index (κ2) is 6.84. The molecule has 2 amide bonds. The van der Waals surface area contributed by atoms with Crippen LogP contribution in [0.25, 0.3) is 6.08 Å². The molecule has 1 fully saturated rings. The summed E-state index contributed by atoms with van der Waals surface area (Å²) in [6.45, 7) is 6.16. The molecule has 0 aliphatic carbocycles. The number of carbonyl (C=O) groups excluding carboxylic acids is 2. The van der Waals surface area contributed by atoms with Gasteiger partial charge in [0.1, 0.15) is 5.82 Å². The number of aryl methyl sites for hydroxylation is 3. The number of hydrogen-bond donors (Lipinski definition) is 0. The summed E-state index contributed by atoms with van der Waals surface area (Å²) < 4.78 is 13.0. The van der Waals surface area contributed by atoms with Crippen LogP contribution in [0.4, 0.5) is 9.18 Å². The van der Waals surface area contributed by atoms with E-state index < -0.39 is 0 Å². The average molecular weight is 355 g/mol. The maximum atomic E-state index is 13.0. The highest BCUT2D eigenvalue weighted by atomic mass is 32.2. The second-order valence-corrected chi connectivity index (χ2v) is 7.20. The molecule has 1 aliphatic heterocycles.